The zero-order valence-corrected chi connectivity index (χ0v) is 12.5. The lowest BCUT2D eigenvalue weighted by atomic mass is 10.2. The van der Waals surface area contributed by atoms with Crippen molar-refractivity contribution in [1.29, 1.82) is 0 Å². The zero-order valence-electron chi connectivity index (χ0n) is 11.7. The van der Waals surface area contributed by atoms with E-state index < -0.39 is 10.8 Å². The Balaban J connectivity index is 2.01. The number of rotatable bonds is 3. The molecule has 6 nitrogen and oxygen atoms in total. The highest BCUT2D eigenvalue weighted by atomic mass is 32.1. The molecule has 0 spiro atoms. The normalized spacial score (nSPS) is 9.86. The third-order valence-corrected chi connectivity index (χ3v) is 3.16. The number of amides is 1. The van der Waals surface area contributed by atoms with Crippen LogP contribution in [0.2, 0.25) is 0 Å². The lowest BCUT2D eigenvalue weighted by Crippen LogP contribution is -2.34. The topological polar surface area (TPSA) is 84.3 Å². The first kappa shape index (κ1) is 15.6. The molecule has 112 valence electrons. The van der Waals surface area contributed by atoms with Crippen LogP contribution in [-0.2, 0) is 0 Å². The number of benzene rings is 2. The van der Waals surface area contributed by atoms with Gasteiger partial charge in [0.2, 0.25) is 0 Å². The predicted octanol–water partition coefficient (Wildman–Crippen LogP) is 3.03. The molecule has 2 aromatic carbocycles. The van der Waals surface area contributed by atoms with E-state index in [1.54, 1.807) is 0 Å². The SMILES string of the molecule is Cc1ccccc1NC(=S)NC(=O)c1ccc([N+](=O)[O-])cc1. The monoisotopic (exact) mass is 315 g/mol. The standard InChI is InChI=1S/C15H13N3O3S/c1-10-4-2-3-5-13(10)16-15(22)17-14(19)11-6-8-12(9-7-11)18(20)21/h2-9H,1H3,(H2,16,17,19,22). The fourth-order valence-corrected chi connectivity index (χ4v) is 1.98. The number of anilines is 1. The molecule has 0 heterocycles. The third kappa shape index (κ3) is 3.86. The summed E-state index contributed by atoms with van der Waals surface area (Å²) in [7, 11) is 0. The molecule has 0 atom stereocenters. The maximum Gasteiger partial charge on any atom is 0.269 e. The summed E-state index contributed by atoms with van der Waals surface area (Å²) >= 11 is 5.09. The molecule has 0 aliphatic rings. The van der Waals surface area contributed by atoms with Crippen LogP contribution in [0, 0.1) is 17.0 Å². The number of carbonyl (C=O) groups is 1. The van der Waals surface area contributed by atoms with Crippen molar-refractivity contribution < 1.29 is 9.72 Å². The highest BCUT2D eigenvalue weighted by molar-refractivity contribution is 7.80. The molecule has 0 fully saturated rings. The van der Waals surface area contributed by atoms with Crippen LogP contribution in [0.1, 0.15) is 15.9 Å². The van der Waals surface area contributed by atoms with E-state index in [0.29, 0.717) is 5.56 Å². The van der Waals surface area contributed by atoms with Gasteiger partial charge in [-0.05, 0) is 42.9 Å². The average molecular weight is 315 g/mol. The van der Waals surface area contributed by atoms with Gasteiger partial charge in [0.15, 0.2) is 5.11 Å². The summed E-state index contributed by atoms with van der Waals surface area (Å²) in [6.45, 7) is 1.92. The second-order valence-corrected chi connectivity index (χ2v) is 4.94. The number of nitro benzene ring substituents is 1. The van der Waals surface area contributed by atoms with Crippen LogP contribution in [-0.4, -0.2) is 15.9 Å². The summed E-state index contributed by atoms with van der Waals surface area (Å²) in [6.07, 6.45) is 0. The quantitative estimate of drug-likeness (QED) is 0.517. The number of para-hydroxylation sites is 1. The van der Waals surface area contributed by atoms with Gasteiger partial charge in [0.05, 0.1) is 4.92 Å². The summed E-state index contributed by atoms with van der Waals surface area (Å²) in [5.41, 5.74) is 2.02. The van der Waals surface area contributed by atoms with Crippen molar-refractivity contribution >= 4 is 34.6 Å². The molecule has 0 aliphatic carbocycles. The van der Waals surface area contributed by atoms with Gasteiger partial charge in [0, 0.05) is 23.4 Å². The van der Waals surface area contributed by atoms with Gasteiger partial charge in [0.1, 0.15) is 0 Å². The fourth-order valence-electron chi connectivity index (χ4n) is 1.78. The summed E-state index contributed by atoms with van der Waals surface area (Å²) in [4.78, 5) is 22.1. The van der Waals surface area contributed by atoms with Crippen LogP contribution in [0.3, 0.4) is 0 Å². The third-order valence-electron chi connectivity index (χ3n) is 2.96. The lowest BCUT2D eigenvalue weighted by Gasteiger charge is -2.11. The van der Waals surface area contributed by atoms with Crippen molar-refractivity contribution in [3.8, 4) is 0 Å². The first-order chi connectivity index (χ1) is 10.5. The Kier molecular flexibility index (Phi) is 4.80. The van der Waals surface area contributed by atoms with E-state index in [-0.39, 0.29) is 10.8 Å². The number of carbonyl (C=O) groups excluding carboxylic acids is 1. The molecule has 0 bridgehead atoms. The van der Waals surface area contributed by atoms with E-state index in [2.05, 4.69) is 10.6 Å². The maximum atomic E-state index is 12.0. The lowest BCUT2D eigenvalue weighted by molar-refractivity contribution is -0.384. The Morgan fingerprint density at radius 3 is 2.36 bits per heavy atom. The number of hydrogen-bond donors (Lipinski definition) is 2. The van der Waals surface area contributed by atoms with Crippen molar-refractivity contribution in [3.05, 3.63) is 69.8 Å². The van der Waals surface area contributed by atoms with Crippen LogP contribution in [0.25, 0.3) is 0 Å². The molecule has 2 aromatic rings. The van der Waals surface area contributed by atoms with Crippen molar-refractivity contribution in [2.45, 2.75) is 6.92 Å². The molecule has 2 N–H and O–H groups in total. The van der Waals surface area contributed by atoms with Crippen molar-refractivity contribution in [2.24, 2.45) is 0 Å². The molecule has 0 unspecified atom stereocenters. The van der Waals surface area contributed by atoms with Crippen molar-refractivity contribution in [2.75, 3.05) is 5.32 Å². The Morgan fingerprint density at radius 2 is 1.77 bits per heavy atom. The summed E-state index contributed by atoms with van der Waals surface area (Å²) in [5, 5.41) is 16.2. The predicted molar refractivity (Wildman–Crippen MR) is 88.0 cm³/mol. The van der Waals surface area contributed by atoms with Gasteiger partial charge >= 0.3 is 0 Å². The number of thiocarbonyl (C=S) groups is 1. The van der Waals surface area contributed by atoms with E-state index in [1.165, 1.54) is 24.3 Å². The smallest absolute Gasteiger partial charge is 0.269 e. The Hall–Kier alpha value is -2.80. The molecule has 0 saturated heterocycles. The van der Waals surface area contributed by atoms with Crippen LogP contribution < -0.4 is 10.6 Å². The first-order valence-corrected chi connectivity index (χ1v) is 6.80. The van der Waals surface area contributed by atoms with Crippen LogP contribution in [0.15, 0.2) is 48.5 Å². The van der Waals surface area contributed by atoms with Crippen molar-refractivity contribution in [1.82, 2.24) is 5.32 Å². The second kappa shape index (κ2) is 6.77. The molecule has 22 heavy (non-hydrogen) atoms. The second-order valence-electron chi connectivity index (χ2n) is 4.53. The molecule has 2 rings (SSSR count). The molecular weight excluding hydrogens is 302 g/mol. The van der Waals surface area contributed by atoms with E-state index in [4.69, 9.17) is 12.2 Å². The van der Waals surface area contributed by atoms with E-state index in [9.17, 15) is 14.9 Å². The molecule has 0 saturated carbocycles. The fraction of sp³-hybridized carbons (Fsp3) is 0.0667. The number of nitrogens with zero attached hydrogens (tertiary/aromatic N) is 1. The first-order valence-electron chi connectivity index (χ1n) is 6.40. The summed E-state index contributed by atoms with van der Waals surface area (Å²) in [6, 6.07) is 12.8. The van der Waals surface area contributed by atoms with Crippen LogP contribution >= 0.6 is 12.2 Å². The van der Waals surface area contributed by atoms with Gasteiger partial charge < -0.3 is 5.32 Å². The van der Waals surface area contributed by atoms with E-state index in [1.807, 2.05) is 31.2 Å². The number of aryl methyl sites for hydroxylation is 1. The Morgan fingerprint density at radius 1 is 1.14 bits per heavy atom. The molecule has 7 heteroatoms. The minimum absolute atomic E-state index is 0.0721. The molecule has 1 amide bonds. The molecule has 0 aromatic heterocycles. The van der Waals surface area contributed by atoms with Crippen LogP contribution in [0.4, 0.5) is 11.4 Å². The molecule has 0 radical (unpaired) electrons. The van der Waals surface area contributed by atoms with Crippen molar-refractivity contribution in [3.63, 3.8) is 0 Å². The highest BCUT2D eigenvalue weighted by Crippen LogP contribution is 2.14. The van der Waals surface area contributed by atoms with Gasteiger partial charge in [0.25, 0.3) is 11.6 Å². The minimum Gasteiger partial charge on any atom is -0.332 e. The summed E-state index contributed by atoms with van der Waals surface area (Å²) in [5.74, 6) is -0.430. The Labute approximate surface area is 132 Å². The number of hydrogen-bond acceptors (Lipinski definition) is 4. The van der Waals surface area contributed by atoms with Gasteiger partial charge in [-0.25, -0.2) is 0 Å². The zero-order chi connectivity index (χ0) is 16.1. The number of non-ortho nitro benzene ring substituents is 1. The van der Waals surface area contributed by atoms with Gasteiger partial charge in [-0.2, -0.15) is 0 Å². The number of nitrogens with one attached hydrogen (secondary N) is 2. The average Bonchev–Trinajstić information content (AvgIpc) is 2.49. The van der Waals surface area contributed by atoms with Gasteiger partial charge in [-0.3, -0.25) is 20.2 Å². The van der Waals surface area contributed by atoms with Gasteiger partial charge in [-0.15, -0.1) is 0 Å². The highest BCUT2D eigenvalue weighted by Gasteiger charge is 2.11. The largest absolute Gasteiger partial charge is 0.332 e. The summed E-state index contributed by atoms with van der Waals surface area (Å²) < 4.78 is 0. The minimum atomic E-state index is -0.522. The maximum absolute atomic E-state index is 12.0. The molecule has 0 aliphatic heterocycles. The number of nitro groups is 1. The molecular formula is C15H13N3O3S. The Bertz CT molecular complexity index is 729. The van der Waals surface area contributed by atoms with E-state index >= 15 is 0 Å². The van der Waals surface area contributed by atoms with E-state index in [0.717, 1.165) is 11.3 Å². The van der Waals surface area contributed by atoms with Gasteiger partial charge in [-0.1, -0.05) is 18.2 Å². The van der Waals surface area contributed by atoms with Crippen LogP contribution in [0.5, 0.6) is 0 Å².